The first-order valence-electron chi connectivity index (χ1n) is 9.82. The normalized spacial score (nSPS) is 15.8. The minimum Gasteiger partial charge on any atom is -0.490 e. The Labute approximate surface area is 166 Å². The number of nitrogens with one attached hydrogen (secondary N) is 1. The SMILES string of the molecule is CCc1nc(CCNC(=NC)N2CCC(Oc3ccccc3)CC2)sc1C. The second-order valence-corrected chi connectivity index (χ2v) is 8.09. The lowest BCUT2D eigenvalue weighted by Gasteiger charge is -2.34. The number of rotatable bonds is 6. The van der Waals surface area contributed by atoms with Crippen LogP contribution < -0.4 is 10.1 Å². The summed E-state index contributed by atoms with van der Waals surface area (Å²) in [6.45, 7) is 7.12. The smallest absolute Gasteiger partial charge is 0.193 e. The molecular formula is C21H30N4OS. The molecular weight excluding hydrogens is 356 g/mol. The number of nitrogens with zero attached hydrogens (tertiary/aromatic N) is 3. The Morgan fingerprint density at radius 3 is 2.67 bits per heavy atom. The monoisotopic (exact) mass is 386 g/mol. The maximum atomic E-state index is 6.09. The zero-order valence-electron chi connectivity index (χ0n) is 16.6. The first kappa shape index (κ1) is 19.7. The van der Waals surface area contributed by atoms with Gasteiger partial charge in [0.05, 0.1) is 10.7 Å². The zero-order valence-corrected chi connectivity index (χ0v) is 17.4. The highest BCUT2D eigenvalue weighted by molar-refractivity contribution is 7.11. The highest BCUT2D eigenvalue weighted by atomic mass is 32.1. The van der Waals surface area contributed by atoms with Crippen LogP contribution in [0.2, 0.25) is 0 Å². The maximum Gasteiger partial charge on any atom is 0.193 e. The molecule has 1 aliphatic rings. The number of guanidine groups is 1. The van der Waals surface area contributed by atoms with E-state index >= 15 is 0 Å². The van der Waals surface area contributed by atoms with E-state index in [4.69, 9.17) is 9.72 Å². The molecule has 1 N–H and O–H groups in total. The van der Waals surface area contributed by atoms with Crippen LogP contribution in [0.5, 0.6) is 5.75 Å². The van der Waals surface area contributed by atoms with Gasteiger partial charge in [-0.1, -0.05) is 25.1 Å². The number of aryl methyl sites for hydroxylation is 2. The number of piperidine rings is 1. The summed E-state index contributed by atoms with van der Waals surface area (Å²) in [6.07, 6.45) is 4.27. The summed E-state index contributed by atoms with van der Waals surface area (Å²) >= 11 is 1.81. The Balaban J connectivity index is 1.43. The Hall–Kier alpha value is -2.08. The second kappa shape index (κ2) is 9.74. The summed E-state index contributed by atoms with van der Waals surface area (Å²) < 4.78 is 6.09. The fourth-order valence-corrected chi connectivity index (χ4v) is 4.43. The highest BCUT2D eigenvalue weighted by Crippen LogP contribution is 2.19. The van der Waals surface area contributed by atoms with Crippen LogP contribution in [-0.4, -0.2) is 48.6 Å². The molecule has 0 unspecified atom stereocenters. The van der Waals surface area contributed by atoms with Gasteiger partial charge in [-0.05, 0) is 25.5 Å². The van der Waals surface area contributed by atoms with Crippen molar-refractivity contribution < 1.29 is 4.74 Å². The lowest BCUT2D eigenvalue weighted by molar-refractivity contribution is 0.129. The van der Waals surface area contributed by atoms with Crippen LogP contribution >= 0.6 is 11.3 Å². The van der Waals surface area contributed by atoms with E-state index in [1.165, 1.54) is 15.6 Å². The van der Waals surface area contributed by atoms with Gasteiger partial charge in [0.2, 0.25) is 0 Å². The lowest BCUT2D eigenvalue weighted by atomic mass is 10.1. The summed E-state index contributed by atoms with van der Waals surface area (Å²) in [5, 5.41) is 4.71. The first-order chi connectivity index (χ1) is 13.2. The van der Waals surface area contributed by atoms with Gasteiger partial charge >= 0.3 is 0 Å². The zero-order chi connectivity index (χ0) is 19.1. The van der Waals surface area contributed by atoms with Gasteiger partial charge in [-0.3, -0.25) is 4.99 Å². The van der Waals surface area contributed by atoms with Crippen LogP contribution in [0.1, 0.15) is 35.3 Å². The van der Waals surface area contributed by atoms with Crippen molar-refractivity contribution in [2.45, 2.75) is 45.6 Å². The molecule has 1 aromatic heterocycles. The minimum absolute atomic E-state index is 0.285. The molecule has 0 spiro atoms. The molecule has 1 aliphatic heterocycles. The van der Waals surface area contributed by atoms with Gasteiger partial charge in [0.15, 0.2) is 5.96 Å². The Morgan fingerprint density at radius 2 is 2.04 bits per heavy atom. The quantitative estimate of drug-likeness (QED) is 0.608. The molecule has 1 fully saturated rings. The van der Waals surface area contributed by atoms with Gasteiger partial charge in [0, 0.05) is 50.8 Å². The largest absolute Gasteiger partial charge is 0.490 e. The van der Waals surface area contributed by atoms with Crippen molar-refractivity contribution in [1.82, 2.24) is 15.2 Å². The summed E-state index contributed by atoms with van der Waals surface area (Å²) in [4.78, 5) is 12.9. The average Bonchev–Trinajstić information content (AvgIpc) is 3.06. The van der Waals surface area contributed by atoms with Crippen molar-refractivity contribution in [2.24, 2.45) is 4.99 Å². The molecule has 5 nitrogen and oxygen atoms in total. The van der Waals surface area contributed by atoms with E-state index in [1.807, 2.05) is 48.7 Å². The molecule has 1 saturated heterocycles. The summed E-state index contributed by atoms with van der Waals surface area (Å²) in [5.41, 5.74) is 1.24. The van der Waals surface area contributed by atoms with E-state index in [9.17, 15) is 0 Å². The van der Waals surface area contributed by atoms with Crippen LogP contribution in [-0.2, 0) is 12.8 Å². The first-order valence-corrected chi connectivity index (χ1v) is 10.6. The summed E-state index contributed by atoms with van der Waals surface area (Å²) in [6, 6.07) is 10.1. The van der Waals surface area contributed by atoms with E-state index in [2.05, 4.69) is 29.1 Å². The molecule has 2 aromatic rings. The third kappa shape index (κ3) is 5.45. The predicted molar refractivity (Wildman–Crippen MR) is 113 cm³/mol. The van der Waals surface area contributed by atoms with Gasteiger partial charge in [0.1, 0.15) is 11.9 Å². The molecule has 2 heterocycles. The molecule has 0 saturated carbocycles. The van der Waals surface area contributed by atoms with Crippen LogP contribution in [0.25, 0.3) is 0 Å². The number of aliphatic imine (C=N–C) groups is 1. The lowest BCUT2D eigenvalue weighted by Crippen LogP contribution is -2.47. The maximum absolute atomic E-state index is 6.09. The predicted octanol–water partition coefficient (Wildman–Crippen LogP) is 3.68. The van der Waals surface area contributed by atoms with Crippen molar-refractivity contribution >= 4 is 17.3 Å². The Morgan fingerprint density at radius 1 is 1.30 bits per heavy atom. The van der Waals surface area contributed by atoms with Gasteiger partial charge in [-0.25, -0.2) is 4.98 Å². The number of thiazole rings is 1. The van der Waals surface area contributed by atoms with Crippen molar-refractivity contribution in [2.75, 3.05) is 26.7 Å². The molecule has 27 heavy (non-hydrogen) atoms. The van der Waals surface area contributed by atoms with E-state index in [-0.39, 0.29) is 6.10 Å². The number of likely N-dealkylation sites (tertiary alicyclic amines) is 1. The minimum atomic E-state index is 0.285. The summed E-state index contributed by atoms with van der Waals surface area (Å²) in [7, 11) is 1.86. The highest BCUT2D eigenvalue weighted by Gasteiger charge is 2.22. The van der Waals surface area contributed by atoms with Crippen molar-refractivity contribution in [3.05, 3.63) is 45.9 Å². The molecule has 0 aliphatic carbocycles. The molecule has 6 heteroatoms. The molecule has 0 amide bonds. The summed E-state index contributed by atoms with van der Waals surface area (Å²) in [5.74, 6) is 1.95. The molecule has 0 bridgehead atoms. The number of hydrogen-bond acceptors (Lipinski definition) is 4. The fourth-order valence-electron chi connectivity index (χ4n) is 3.41. The van der Waals surface area contributed by atoms with Crippen LogP contribution in [0.4, 0.5) is 0 Å². The number of benzene rings is 1. The van der Waals surface area contributed by atoms with Crippen LogP contribution in [0.15, 0.2) is 35.3 Å². The topological polar surface area (TPSA) is 49.8 Å². The molecule has 146 valence electrons. The number of ether oxygens (including phenoxy) is 1. The fraction of sp³-hybridized carbons (Fsp3) is 0.524. The molecule has 0 atom stereocenters. The number of para-hydroxylation sites is 1. The second-order valence-electron chi connectivity index (χ2n) is 6.81. The Kier molecular flexibility index (Phi) is 7.10. The van der Waals surface area contributed by atoms with Gasteiger partial charge in [-0.15, -0.1) is 11.3 Å². The van der Waals surface area contributed by atoms with E-state index in [0.29, 0.717) is 0 Å². The third-order valence-electron chi connectivity index (χ3n) is 4.89. The molecule has 0 radical (unpaired) electrons. The van der Waals surface area contributed by atoms with Crippen molar-refractivity contribution in [3.63, 3.8) is 0 Å². The van der Waals surface area contributed by atoms with E-state index in [0.717, 1.165) is 57.0 Å². The van der Waals surface area contributed by atoms with Gasteiger partial charge in [0.25, 0.3) is 0 Å². The van der Waals surface area contributed by atoms with Crippen molar-refractivity contribution in [1.29, 1.82) is 0 Å². The van der Waals surface area contributed by atoms with Crippen molar-refractivity contribution in [3.8, 4) is 5.75 Å². The third-order valence-corrected chi connectivity index (χ3v) is 5.97. The van der Waals surface area contributed by atoms with Gasteiger partial charge in [-0.2, -0.15) is 0 Å². The average molecular weight is 387 g/mol. The number of aromatic nitrogens is 1. The van der Waals surface area contributed by atoms with Gasteiger partial charge < -0.3 is 15.0 Å². The van der Waals surface area contributed by atoms with E-state index < -0.39 is 0 Å². The number of hydrogen-bond donors (Lipinski definition) is 1. The van der Waals surface area contributed by atoms with E-state index in [1.54, 1.807) is 0 Å². The Bertz CT molecular complexity index is 736. The molecule has 3 rings (SSSR count). The van der Waals surface area contributed by atoms with Crippen LogP contribution in [0.3, 0.4) is 0 Å². The standard InChI is InChI=1S/C21H30N4OS/c1-4-19-16(2)27-20(24-19)10-13-23-21(22-3)25-14-11-18(12-15-25)26-17-8-6-5-7-9-17/h5-9,18H,4,10-15H2,1-3H3,(H,22,23). The van der Waals surface area contributed by atoms with Crippen LogP contribution in [0, 0.1) is 6.92 Å². The molecule has 1 aromatic carbocycles.